The molecule has 0 radical (unpaired) electrons. The molecule has 0 aliphatic heterocycles. The topological polar surface area (TPSA) is 70.6 Å². The van der Waals surface area contributed by atoms with Crippen LogP contribution in [0, 0.1) is 5.92 Å². The van der Waals surface area contributed by atoms with Crippen molar-refractivity contribution >= 4 is 23.2 Å². The highest BCUT2D eigenvalue weighted by molar-refractivity contribution is 6.02. The third-order valence-electron chi connectivity index (χ3n) is 4.34. The number of carbonyl (C=O) groups excluding carboxylic acids is 2. The van der Waals surface area contributed by atoms with Gasteiger partial charge in [-0.25, -0.2) is 5.43 Å². The van der Waals surface area contributed by atoms with Crippen molar-refractivity contribution in [3.63, 3.8) is 0 Å². The van der Waals surface area contributed by atoms with E-state index in [0.717, 1.165) is 29.7 Å². The molecule has 5 nitrogen and oxygen atoms in total. The second-order valence-electron chi connectivity index (χ2n) is 6.35. The molecule has 0 fully saturated rings. The molecular weight excluding hydrogens is 314 g/mol. The van der Waals surface area contributed by atoms with Crippen molar-refractivity contribution in [1.82, 2.24) is 5.43 Å². The van der Waals surface area contributed by atoms with Crippen LogP contribution >= 0.6 is 0 Å². The molecule has 1 aliphatic carbocycles. The third kappa shape index (κ3) is 5.14. The van der Waals surface area contributed by atoms with E-state index < -0.39 is 0 Å². The molecule has 1 aliphatic rings. The Bertz CT molecular complexity index is 730. The average molecular weight is 339 g/mol. The molecule has 5 heteroatoms. The summed E-state index contributed by atoms with van der Waals surface area (Å²) in [6.07, 6.45) is 4.32. The van der Waals surface area contributed by atoms with Crippen LogP contribution in [0.15, 0.2) is 53.2 Å². The van der Waals surface area contributed by atoms with Gasteiger partial charge in [0.25, 0.3) is 5.91 Å². The van der Waals surface area contributed by atoms with Crippen LogP contribution in [0.5, 0.6) is 0 Å². The number of nitrogens with one attached hydrogen (secondary N) is 2. The van der Waals surface area contributed by atoms with E-state index >= 15 is 0 Å². The van der Waals surface area contributed by atoms with E-state index in [4.69, 9.17) is 0 Å². The largest absolute Gasteiger partial charge is 0.326 e. The van der Waals surface area contributed by atoms with Crippen molar-refractivity contribution in [1.29, 1.82) is 0 Å². The zero-order valence-electron chi connectivity index (χ0n) is 15.1. The lowest BCUT2D eigenvalue weighted by Crippen LogP contribution is -2.23. The van der Waals surface area contributed by atoms with Gasteiger partial charge in [0.05, 0.1) is 5.71 Å². The number of hydrogen-bond acceptors (Lipinski definition) is 3. The Labute approximate surface area is 148 Å². The molecule has 1 aromatic carbocycles. The van der Waals surface area contributed by atoms with Crippen LogP contribution in [0.4, 0.5) is 5.69 Å². The van der Waals surface area contributed by atoms with Crippen LogP contribution in [0.25, 0.3) is 0 Å². The lowest BCUT2D eigenvalue weighted by Gasteiger charge is -2.22. The number of nitrogens with zero attached hydrogens (tertiary/aromatic N) is 1. The van der Waals surface area contributed by atoms with Crippen LogP contribution in [0.3, 0.4) is 0 Å². The van der Waals surface area contributed by atoms with Gasteiger partial charge in [-0.1, -0.05) is 25.2 Å². The number of anilines is 1. The summed E-state index contributed by atoms with van der Waals surface area (Å²) in [6.45, 7) is 9.83. The number of benzene rings is 1. The van der Waals surface area contributed by atoms with Crippen LogP contribution in [0.2, 0.25) is 0 Å². The van der Waals surface area contributed by atoms with E-state index in [0.29, 0.717) is 23.6 Å². The molecule has 0 saturated heterocycles. The van der Waals surface area contributed by atoms with Gasteiger partial charge in [0, 0.05) is 17.7 Å². The Morgan fingerprint density at radius 1 is 1.28 bits per heavy atom. The lowest BCUT2D eigenvalue weighted by atomic mass is 9.85. The Morgan fingerprint density at radius 3 is 2.56 bits per heavy atom. The van der Waals surface area contributed by atoms with E-state index in [1.165, 1.54) is 0 Å². The monoisotopic (exact) mass is 339 g/mol. The molecule has 25 heavy (non-hydrogen) atoms. The zero-order chi connectivity index (χ0) is 18.4. The van der Waals surface area contributed by atoms with Crippen LogP contribution in [-0.4, -0.2) is 17.5 Å². The molecule has 0 heterocycles. The van der Waals surface area contributed by atoms with Crippen molar-refractivity contribution in [3.8, 4) is 0 Å². The first kappa shape index (κ1) is 18.6. The van der Waals surface area contributed by atoms with Crippen LogP contribution in [0.1, 0.15) is 50.4 Å². The van der Waals surface area contributed by atoms with E-state index in [1.807, 2.05) is 13.8 Å². The summed E-state index contributed by atoms with van der Waals surface area (Å²) in [5.41, 5.74) is 6.90. The molecule has 1 atom stereocenters. The van der Waals surface area contributed by atoms with E-state index in [2.05, 4.69) is 28.5 Å². The molecule has 0 aromatic heterocycles. The van der Waals surface area contributed by atoms with Crippen LogP contribution < -0.4 is 10.7 Å². The number of rotatable bonds is 5. The van der Waals surface area contributed by atoms with Gasteiger partial charge in [-0.05, 0) is 62.4 Å². The summed E-state index contributed by atoms with van der Waals surface area (Å²) in [6, 6.07) is 6.75. The SMILES string of the molecule is C=C(C)C1CC=C(C)C(=NNC(=O)c2ccc(NC(=O)CC)cc2)C1. The smallest absolute Gasteiger partial charge is 0.271 e. The lowest BCUT2D eigenvalue weighted by molar-refractivity contribution is -0.115. The predicted octanol–water partition coefficient (Wildman–Crippen LogP) is 4.05. The Morgan fingerprint density at radius 2 is 1.96 bits per heavy atom. The zero-order valence-corrected chi connectivity index (χ0v) is 15.1. The maximum atomic E-state index is 12.3. The number of hydrazone groups is 1. The normalized spacial score (nSPS) is 18.4. The summed E-state index contributed by atoms with van der Waals surface area (Å²) >= 11 is 0. The molecule has 1 unspecified atom stereocenters. The second kappa shape index (κ2) is 8.42. The highest BCUT2D eigenvalue weighted by atomic mass is 16.2. The Hall–Kier alpha value is -2.69. The Kier molecular flexibility index (Phi) is 6.28. The van der Waals surface area contributed by atoms with Crippen molar-refractivity contribution in [3.05, 3.63) is 53.6 Å². The van der Waals surface area contributed by atoms with E-state index in [9.17, 15) is 9.59 Å². The average Bonchev–Trinajstić information content (AvgIpc) is 2.61. The van der Waals surface area contributed by atoms with Gasteiger partial charge in [0.2, 0.25) is 5.91 Å². The molecule has 2 rings (SSSR count). The molecule has 0 spiro atoms. The minimum atomic E-state index is -0.272. The van der Waals surface area contributed by atoms with Crippen LogP contribution in [-0.2, 0) is 4.79 Å². The maximum absolute atomic E-state index is 12.3. The molecule has 2 N–H and O–H groups in total. The summed E-state index contributed by atoms with van der Waals surface area (Å²) in [5, 5.41) is 7.04. The molecule has 0 bridgehead atoms. The molecule has 1 aromatic rings. The van der Waals surface area contributed by atoms with Gasteiger partial charge in [0.15, 0.2) is 0 Å². The molecular formula is C20H25N3O2. The van der Waals surface area contributed by atoms with Gasteiger partial charge in [0.1, 0.15) is 0 Å². The molecule has 132 valence electrons. The number of carbonyl (C=O) groups is 2. The first-order chi connectivity index (χ1) is 11.9. The predicted molar refractivity (Wildman–Crippen MR) is 102 cm³/mol. The number of allylic oxidation sites excluding steroid dienone is 3. The van der Waals surface area contributed by atoms with E-state index in [-0.39, 0.29) is 11.8 Å². The quantitative estimate of drug-likeness (QED) is 0.627. The van der Waals surface area contributed by atoms with Crippen molar-refractivity contribution < 1.29 is 9.59 Å². The fourth-order valence-electron chi connectivity index (χ4n) is 2.56. The van der Waals surface area contributed by atoms with Gasteiger partial charge in [-0.15, -0.1) is 0 Å². The van der Waals surface area contributed by atoms with Gasteiger partial charge < -0.3 is 5.32 Å². The Balaban J connectivity index is 2.01. The number of hydrogen-bond donors (Lipinski definition) is 2. The van der Waals surface area contributed by atoms with Gasteiger partial charge in [-0.3, -0.25) is 9.59 Å². The van der Waals surface area contributed by atoms with E-state index in [1.54, 1.807) is 31.2 Å². The summed E-state index contributed by atoms with van der Waals surface area (Å²) in [7, 11) is 0. The minimum Gasteiger partial charge on any atom is -0.326 e. The van der Waals surface area contributed by atoms with Crippen molar-refractivity contribution in [2.24, 2.45) is 11.0 Å². The second-order valence-corrected chi connectivity index (χ2v) is 6.35. The highest BCUT2D eigenvalue weighted by Crippen LogP contribution is 2.26. The summed E-state index contributed by atoms with van der Waals surface area (Å²) in [4.78, 5) is 23.6. The minimum absolute atomic E-state index is 0.0600. The summed E-state index contributed by atoms with van der Waals surface area (Å²) < 4.78 is 0. The fraction of sp³-hybridized carbons (Fsp3) is 0.350. The van der Waals surface area contributed by atoms with Gasteiger partial charge >= 0.3 is 0 Å². The first-order valence-corrected chi connectivity index (χ1v) is 8.50. The standard InChI is InChI=1S/C20H25N3O2/c1-5-19(24)21-17-10-8-15(9-11-17)20(25)23-22-18-12-16(13(2)3)7-6-14(18)4/h6,8-11,16H,2,5,7,12H2,1,3-4H3,(H,21,24)(H,23,25). The fourth-order valence-corrected chi connectivity index (χ4v) is 2.56. The maximum Gasteiger partial charge on any atom is 0.271 e. The highest BCUT2D eigenvalue weighted by Gasteiger charge is 2.19. The van der Waals surface area contributed by atoms with Crippen molar-refractivity contribution in [2.75, 3.05) is 5.32 Å². The molecule has 2 amide bonds. The first-order valence-electron chi connectivity index (χ1n) is 8.50. The molecule has 0 saturated carbocycles. The third-order valence-corrected chi connectivity index (χ3v) is 4.34. The van der Waals surface area contributed by atoms with Crippen molar-refractivity contribution in [2.45, 2.75) is 40.0 Å². The van der Waals surface area contributed by atoms with Gasteiger partial charge in [-0.2, -0.15) is 5.10 Å². The number of amides is 2. The summed E-state index contributed by atoms with van der Waals surface area (Å²) in [5.74, 6) is 0.0437.